The van der Waals surface area contributed by atoms with Gasteiger partial charge in [-0.2, -0.15) is 0 Å². The summed E-state index contributed by atoms with van der Waals surface area (Å²) in [6.07, 6.45) is 6.20. The summed E-state index contributed by atoms with van der Waals surface area (Å²) in [6.45, 7) is 2.36. The first-order chi connectivity index (χ1) is 13.0. The number of thioether (sulfide) groups is 1. The second kappa shape index (κ2) is 8.00. The third-order valence-corrected chi connectivity index (χ3v) is 4.23. The van der Waals surface area contributed by atoms with Crippen LogP contribution in [0.1, 0.15) is 12.5 Å². The van der Waals surface area contributed by atoms with Crippen LogP contribution < -0.4 is 15.0 Å². The minimum Gasteiger partial charge on any atom is -0.494 e. The van der Waals surface area contributed by atoms with Gasteiger partial charge >= 0.3 is 6.03 Å². The van der Waals surface area contributed by atoms with Gasteiger partial charge in [0.05, 0.1) is 12.3 Å². The van der Waals surface area contributed by atoms with Crippen LogP contribution in [0.15, 0.2) is 47.4 Å². The van der Waals surface area contributed by atoms with Crippen molar-refractivity contribution < 1.29 is 19.1 Å². The van der Waals surface area contributed by atoms with Crippen molar-refractivity contribution >= 4 is 41.4 Å². The molecule has 2 heterocycles. The second-order valence-corrected chi connectivity index (χ2v) is 6.16. The van der Waals surface area contributed by atoms with E-state index in [0.717, 1.165) is 4.90 Å². The van der Waals surface area contributed by atoms with Gasteiger partial charge in [0, 0.05) is 18.0 Å². The highest BCUT2D eigenvalue weighted by Gasteiger charge is 2.36. The monoisotopic (exact) mass is 384 g/mol. The number of carbonyl (C=O) groups is 3. The van der Waals surface area contributed by atoms with Crippen molar-refractivity contribution in [3.8, 4) is 5.75 Å². The minimum absolute atomic E-state index is 0.177. The maximum absolute atomic E-state index is 12.8. The van der Waals surface area contributed by atoms with E-state index in [4.69, 9.17) is 4.74 Å². The van der Waals surface area contributed by atoms with Crippen molar-refractivity contribution in [2.75, 3.05) is 17.8 Å². The van der Waals surface area contributed by atoms with Gasteiger partial charge in [0.15, 0.2) is 5.16 Å². The molecule has 0 bridgehead atoms. The highest BCUT2D eigenvalue weighted by Crippen LogP contribution is 2.24. The molecule has 0 radical (unpaired) electrons. The molecule has 0 aliphatic carbocycles. The van der Waals surface area contributed by atoms with E-state index >= 15 is 0 Å². The van der Waals surface area contributed by atoms with E-state index in [0.29, 0.717) is 28.8 Å². The molecule has 9 heteroatoms. The summed E-state index contributed by atoms with van der Waals surface area (Å²) in [4.78, 5) is 46.2. The van der Waals surface area contributed by atoms with Crippen LogP contribution in [-0.2, 0) is 9.59 Å². The highest BCUT2D eigenvalue weighted by atomic mass is 32.2. The SMILES string of the molecule is CCOc1ccc(N2C(=O)NC(=O)C(=Cc3cnc(SC)nc3)C2=O)cc1. The van der Waals surface area contributed by atoms with Crippen LogP contribution in [-0.4, -0.2) is 40.7 Å². The Bertz CT molecular complexity index is 910. The first kappa shape index (κ1) is 18.6. The van der Waals surface area contributed by atoms with Crippen LogP contribution in [0.5, 0.6) is 5.75 Å². The molecular formula is C18H16N4O4S. The fourth-order valence-corrected chi connectivity index (χ4v) is 2.74. The number of rotatable bonds is 5. The molecule has 138 valence electrons. The average Bonchev–Trinajstić information content (AvgIpc) is 2.67. The van der Waals surface area contributed by atoms with E-state index in [2.05, 4.69) is 15.3 Å². The maximum atomic E-state index is 12.8. The fourth-order valence-electron chi connectivity index (χ4n) is 2.42. The number of hydrogen-bond donors (Lipinski definition) is 1. The van der Waals surface area contributed by atoms with Gasteiger partial charge in [-0.05, 0) is 43.5 Å². The smallest absolute Gasteiger partial charge is 0.335 e. The Morgan fingerprint density at radius 1 is 1.15 bits per heavy atom. The fraction of sp³-hybridized carbons (Fsp3) is 0.167. The van der Waals surface area contributed by atoms with E-state index in [1.165, 1.54) is 30.2 Å². The number of nitrogens with zero attached hydrogens (tertiary/aromatic N) is 3. The summed E-state index contributed by atoms with van der Waals surface area (Å²) < 4.78 is 5.35. The predicted octanol–water partition coefficient (Wildman–Crippen LogP) is 2.26. The van der Waals surface area contributed by atoms with Crippen molar-refractivity contribution in [1.29, 1.82) is 0 Å². The van der Waals surface area contributed by atoms with Crippen LogP contribution in [0.25, 0.3) is 6.08 Å². The first-order valence-corrected chi connectivity index (χ1v) is 9.26. The quantitative estimate of drug-likeness (QED) is 0.365. The van der Waals surface area contributed by atoms with E-state index in [-0.39, 0.29) is 5.57 Å². The Morgan fingerprint density at radius 3 is 2.41 bits per heavy atom. The van der Waals surface area contributed by atoms with Gasteiger partial charge in [-0.3, -0.25) is 14.9 Å². The van der Waals surface area contributed by atoms with Gasteiger partial charge < -0.3 is 4.74 Å². The largest absolute Gasteiger partial charge is 0.494 e. The van der Waals surface area contributed by atoms with E-state index < -0.39 is 17.8 Å². The summed E-state index contributed by atoms with van der Waals surface area (Å²) in [7, 11) is 0. The van der Waals surface area contributed by atoms with Crippen molar-refractivity contribution in [3.05, 3.63) is 47.8 Å². The van der Waals surface area contributed by atoms with Gasteiger partial charge in [0.25, 0.3) is 11.8 Å². The lowest BCUT2D eigenvalue weighted by atomic mass is 10.1. The number of aromatic nitrogens is 2. The number of benzene rings is 1. The summed E-state index contributed by atoms with van der Waals surface area (Å²) in [5.74, 6) is -0.869. The molecule has 0 atom stereocenters. The summed E-state index contributed by atoms with van der Waals surface area (Å²) >= 11 is 1.37. The average molecular weight is 384 g/mol. The molecule has 1 N–H and O–H groups in total. The normalized spacial score (nSPS) is 15.9. The molecule has 0 spiro atoms. The van der Waals surface area contributed by atoms with Crippen LogP contribution in [0.3, 0.4) is 0 Å². The molecule has 1 aliphatic heterocycles. The third-order valence-electron chi connectivity index (χ3n) is 3.65. The Balaban J connectivity index is 1.91. The lowest BCUT2D eigenvalue weighted by Gasteiger charge is -2.26. The highest BCUT2D eigenvalue weighted by molar-refractivity contribution is 7.98. The van der Waals surface area contributed by atoms with Gasteiger partial charge in [-0.25, -0.2) is 19.7 Å². The molecule has 8 nitrogen and oxygen atoms in total. The number of urea groups is 1. The summed E-state index contributed by atoms with van der Waals surface area (Å²) in [5.41, 5.74) is 0.629. The second-order valence-electron chi connectivity index (χ2n) is 5.39. The molecular weight excluding hydrogens is 368 g/mol. The molecule has 0 saturated carbocycles. The first-order valence-electron chi connectivity index (χ1n) is 8.04. The molecule has 2 aromatic rings. The number of barbiturate groups is 1. The Kier molecular flexibility index (Phi) is 5.51. The van der Waals surface area contributed by atoms with E-state index in [9.17, 15) is 14.4 Å². The summed E-state index contributed by atoms with van der Waals surface area (Å²) in [6, 6.07) is 5.64. The standard InChI is InChI=1S/C18H16N4O4S/c1-3-26-13-6-4-12(5-7-13)22-16(24)14(15(23)21-18(22)25)8-11-9-19-17(27-2)20-10-11/h4-10H,3H2,1-2H3,(H,21,23,25). The van der Waals surface area contributed by atoms with Crippen LogP contribution in [0, 0.1) is 0 Å². The van der Waals surface area contributed by atoms with Crippen molar-refractivity contribution in [3.63, 3.8) is 0 Å². The Labute approximate surface area is 159 Å². The lowest BCUT2D eigenvalue weighted by Crippen LogP contribution is -2.54. The molecule has 1 aliphatic rings. The Hall–Kier alpha value is -3.20. The number of hydrogen-bond acceptors (Lipinski definition) is 7. The van der Waals surface area contributed by atoms with Gasteiger partial charge in [0.2, 0.25) is 0 Å². The molecule has 0 unspecified atom stereocenters. The lowest BCUT2D eigenvalue weighted by molar-refractivity contribution is -0.122. The van der Waals surface area contributed by atoms with Crippen molar-refractivity contribution in [2.45, 2.75) is 12.1 Å². The summed E-state index contributed by atoms with van der Waals surface area (Å²) in [5, 5.41) is 2.75. The van der Waals surface area contributed by atoms with Crippen molar-refractivity contribution in [1.82, 2.24) is 15.3 Å². The van der Waals surface area contributed by atoms with E-state index in [1.807, 2.05) is 13.2 Å². The molecule has 1 fully saturated rings. The third kappa shape index (κ3) is 3.98. The van der Waals surface area contributed by atoms with Crippen LogP contribution in [0.4, 0.5) is 10.5 Å². The molecule has 1 aromatic heterocycles. The molecule has 1 aromatic carbocycles. The van der Waals surface area contributed by atoms with Gasteiger partial charge in [-0.1, -0.05) is 11.8 Å². The van der Waals surface area contributed by atoms with Gasteiger partial charge in [-0.15, -0.1) is 0 Å². The van der Waals surface area contributed by atoms with Gasteiger partial charge in [0.1, 0.15) is 11.3 Å². The molecule has 3 rings (SSSR count). The number of imide groups is 2. The number of carbonyl (C=O) groups excluding carboxylic acids is 3. The molecule has 4 amide bonds. The molecule has 27 heavy (non-hydrogen) atoms. The molecule has 1 saturated heterocycles. The van der Waals surface area contributed by atoms with Crippen LogP contribution >= 0.6 is 11.8 Å². The van der Waals surface area contributed by atoms with Crippen molar-refractivity contribution in [2.24, 2.45) is 0 Å². The zero-order valence-corrected chi connectivity index (χ0v) is 15.4. The zero-order valence-electron chi connectivity index (χ0n) is 14.6. The number of anilines is 1. The van der Waals surface area contributed by atoms with Crippen LogP contribution in [0.2, 0.25) is 0 Å². The zero-order chi connectivity index (χ0) is 19.4. The van der Waals surface area contributed by atoms with E-state index in [1.54, 1.807) is 24.3 Å². The Morgan fingerprint density at radius 2 is 1.81 bits per heavy atom. The number of amides is 4. The number of ether oxygens (including phenoxy) is 1. The minimum atomic E-state index is -0.805. The maximum Gasteiger partial charge on any atom is 0.335 e. The topological polar surface area (TPSA) is 101 Å². The number of nitrogens with one attached hydrogen (secondary N) is 1. The predicted molar refractivity (Wildman–Crippen MR) is 100 cm³/mol.